The Bertz CT molecular complexity index is 399. The molecule has 0 aromatic heterocycles. The molecule has 1 rings (SSSR count). The lowest BCUT2D eigenvalue weighted by Gasteiger charge is -2.12. The zero-order valence-electron chi connectivity index (χ0n) is 13.2. The summed E-state index contributed by atoms with van der Waals surface area (Å²) in [6.07, 6.45) is 0.916. The Morgan fingerprint density at radius 2 is 1.95 bits per heavy atom. The zero-order valence-corrected chi connectivity index (χ0v) is 14.7. The minimum atomic E-state index is 0.460. The molecular weight excluding hydrogens is 334 g/mol. The van der Waals surface area contributed by atoms with Crippen LogP contribution < -0.4 is 10.1 Å². The van der Waals surface area contributed by atoms with Crippen molar-refractivity contribution in [3.8, 4) is 5.75 Å². The number of halogens is 1. The van der Waals surface area contributed by atoms with E-state index in [2.05, 4.69) is 41.2 Å². The van der Waals surface area contributed by atoms with E-state index in [0.717, 1.165) is 29.8 Å². The maximum absolute atomic E-state index is 5.71. The lowest BCUT2D eigenvalue weighted by atomic mass is 10.2. The third-order valence-corrected chi connectivity index (χ3v) is 3.63. The number of methoxy groups -OCH3 is 1. The van der Waals surface area contributed by atoms with Crippen molar-refractivity contribution in [2.75, 3.05) is 33.5 Å². The quantitative estimate of drug-likeness (QED) is 0.614. The van der Waals surface area contributed by atoms with Crippen LogP contribution in [0.25, 0.3) is 0 Å². The summed E-state index contributed by atoms with van der Waals surface area (Å²) in [7, 11) is 1.70. The minimum Gasteiger partial charge on any atom is -0.491 e. The Morgan fingerprint density at radius 1 is 1.14 bits per heavy atom. The van der Waals surface area contributed by atoms with Gasteiger partial charge in [-0.3, -0.25) is 0 Å². The number of hydrogen-bond acceptors (Lipinski definition) is 4. The Hall–Kier alpha value is -0.620. The van der Waals surface area contributed by atoms with Gasteiger partial charge in [0.1, 0.15) is 12.4 Å². The van der Waals surface area contributed by atoms with E-state index in [-0.39, 0.29) is 0 Å². The lowest BCUT2D eigenvalue weighted by Crippen LogP contribution is -2.22. The molecule has 0 radical (unpaired) electrons. The van der Waals surface area contributed by atoms with Crippen LogP contribution in [0.4, 0.5) is 0 Å². The molecule has 1 aromatic rings. The summed E-state index contributed by atoms with van der Waals surface area (Å²) < 4.78 is 17.2. The van der Waals surface area contributed by atoms with E-state index in [1.54, 1.807) is 7.11 Å². The smallest absolute Gasteiger partial charge is 0.119 e. The summed E-state index contributed by atoms with van der Waals surface area (Å²) in [6.45, 7) is 7.69. The number of ether oxygens (including phenoxy) is 3. The number of nitrogens with one attached hydrogen (secondary N) is 1. The van der Waals surface area contributed by atoms with Crippen LogP contribution in [0.2, 0.25) is 0 Å². The van der Waals surface area contributed by atoms with Crippen LogP contribution in [0.3, 0.4) is 0 Å². The lowest BCUT2D eigenvalue weighted by molar-refractivity contribution is 0.0806. The first-order chi connectivity index (χ1) is 10.1. The highest BCUT2D eigenvalue weighted by molar-refractivity contribution is 9.10. The largest absolute Gasteiger partial charge is 0.491 e. The Labute approximate surface area is 136 Å². The average molecular weight is 360 g/mol. The molecule has 1 aromatic carbocycles. The van der Waals surface area contributed by atoms with Gasteiger partial charge in [0.2, 0.25) is 0 Å². The molecule has 0 unspecified atom stereocenters. The van der Waals surface area contributed by atoms with Gasteiger partial charge in [-0.1, -0.05) is 29.8 Å². The third-order valence-electron chi connectivity index (χ3n) is 2.85. The molecule has 0 fully saturated rings. The fourth-order valence-corrected chi connectivity index (χ4v) is 2.10. The van der Waals surface area contributed by atoms with Crippen molar-refractivity contribution in [2.24, 2.45) is 0 Å². The van der Waals surface area contributed by atoms with Gasteiger partial charge in [-0.25, -0.2) is 0 Å². The molecule has 0 aliphatic carbocycles. The molecule has 0 heterocycles. The van der Waals surface area contributed by atoms with Gasteiger partial charge in [0.05, 0.1) is 6.61 Å². The Morgan fingerprint density at radius 3 is 2.67 bits per heavy atom. The van der Waals surface area contributed by atoms with E-state index < -0.39 is 0 Å². The van der Waals surface area contributed by atoms with Crippen molar-refractivity contribution in [1.29, 1.82) is 0 Å². The average Bonchev–Trinajstić information content (AvgIpc) is 2.46. The first-order valence-corrected chi connectivity index (χ1v) is 8.14. The van der Waals surface area contributed by atoms with E-state index in [0.29, 0.717) is 25.9 Å². The molecule has 0 amide bonds. The molecule has 0 saturated heterocycles. The maximum Gasteiger partial charge on any atom is 0.119 e. The molecule has 0 spiro atoms. The van der Waals surface area contributed by atoms with Gasteiger partial charge < -0.3 is 19.5 Å². The second kappa shape index (κ2) is 11.0. The predicted octanol–water partition coefficient (Wildman–Crippen LogP) is 3.38. The second-order valence-corrected chi connectivity index (χ2v) is 5.95. The molecule has 0 atom stereocenters. The van der Waals surface area contributed by atoms with Crippen molar-refractivity contribution in [3.05, 3.63) is 28.2 Å². The van der Waals surface area contributed by atoms with E-state index in [1.165, 1.54) is 5.56 Å². The van der Waals surface area contributed by atoms with Crippen LogP contribution >= 0.6 is 15.9 Å². The molecule has 0 aliphatic heterocycles. The van der Waals surface area contributed by atoms with Crippen LogP contribution in [0.5, 0.6) is 5.75 Å². The van der Waals surface area contributed by atoms with Crippen LogP contribution in [-0.2, 0) is 16.0 Å². The molecule has 21 heavy (non-hydrogen) atoms. The summed E-state index contributed by atoms with van der Waals surface area (Å²) in [5.74, 6) is 0.874. The van der Waals surface area contributed by atoms with E-state index in [4.69, 9.17) is 14.2 Å². The highest BCUT2D eigenvalue weighted by Crippen LogP contribution is 2.22. The molecule has 0 aliphatic rings. The van der Waals surface area contributed by atoms with Crippen LogP contribution in [-0.4, -0.2) is 39.6 Å². The van der Waals surface area contributed by atoms with Crippen molar-refractivity contribution >= 4 is 15.9 Å². The van der Waals surface area contributed by atoms with E-state index in [9.17, 15) is 0 Å². The van der Waals surface area contributed by atoms with Gasteiger partial charge in [0.15, 0.2) is 0 Å². The second-order valence-electron chi connectivity index (χ2n) is 5.10. The molecule has 0 bridgehead atoms. The maximum atomic E-state index is 5.71. The molecule has 4 nitrogen and oxygen atoms in total. The van der Waals surface area contributed by atoms with Gasteiger partial charge in [-0.2, -0.15) is 0 Å². The van der Waals surface area contributed by atoms with Gasteiger partial charge in [0, 0.05) is 37.4 Å². The van der Waals surface area contributed by atoms with Crippen molar-refractivity contribution in [2.45, 2.75) is 32.9 Å². The van der Waals surface area contributed by atoms with Crippen LogP contribution in [0.1, 0.15) is 25.8 Å². The van der Waals surface area contributed by atoms with E-state index >= 15 is 0 Å². The summed E-state index contributed by atoms with van der Waals surface area (Å²) in [5.41, 5.74) is 1.20. The monoisotopic (exact) mass is 359 g/mol. The van der Waals surface area contributed by atoms with Crippen LogP contribution in [0, 0.1) is 0 Å². The highest BCUT2D eigenvalue weighted by atomic mass is 79.9. The molecule has 5 heteroatoms. The fraction of sp³-hybridized carbons (Fsp3) is 0.625. The standard InChI is InChI=1S/C16H26BrNO3/c1-13(2)18-12-14-11-15(5-6-16(14)17)21-10-9-20-8-4-7-19-3/h5-6,11,13,18H,4,7-10,12H2,1-3H3. The van der Waals surface area contributed by atoms with Gasteiger partial charge in [0.25, 0.3) is 0 Å². The van der Waals surface area contributed by atoms with Crippen molar-refractivity contribution in [1.82, 2.24) is 5.32 Å². The Balaban J connectivity index is 2.30. The fourth-order valence-electron chi connectivity index (χ4n) is 1.72. The topological polar surface area (TPSA) is 39.7 Å². The molecule has 120 valence electrons. The van der Waals surface area contributed by atoms with Crippen molar-refractivity contribution < 1.29 is 14.2 Å². The Kier molecular flexibility index (Phi) is 9.67. The predicted molar refractivity (Wildman–Crippen MR) is 88.9 cm³/mol. The molecule has 1 N–H and O–H groups in total. The SMILES string of the molecule is COCCCOCCOc1ccc(Br)c(CNC(C)C)c1. The minimum absolute atomic E-state index is 0.460. The number of benzene rings is 1. The van der Waals surface area contributed by atoms with Gasteiger partial charge in [-0.15, -0.1) is 0 Å². The van der Waals surface area contributed by atoms with Crippen LogP contribution in [0.15, 0.2) is 22.7 Å². The molecular formula is C16H26BrNO3. The first kappa shape index (κ1) is 18.4. The molecule has 0 saturated carbocycles. The number of rotatable bonds is 11. The summed E-state index contributed by atoms with van der Waals surface area (Å²) >= 11 is 3.57. The van der Waals surface area contributed by atoms with Gasteiger partial charge >= 0.3 is 0 Å². The van der Waals surface area contributed by atoms with Gasteiger partial charge in [-0.05, 0) is 30.2 Å². The first-order valence-electron chi connectivity index (χ1n) is 7.34. The highest BCUT2D eigenvalue weighted by Gasteiger charge is 2.03. The van der Waals surface area contributed by atoms with Crippen molar-refractivity contribution in [3.63, 3.8) is 0 Å². The van der Waals surface area contributed by atoms with E-state index in [1.807, 2.05) is 12.1 Å². The summed E-state index contributed by atoms with van der Waals surface area (Å²) in [4.78, 5) is 0. The summed E-state index contributed by atoms with van der Waals surface area (Å²) in [5, 5.41) is 3.40. The third kappa shape index (κ3) is 8.41. The summed E-state index contributed by atoms with van der Waals surface area (Å²) in [6, 6.07) is 6.51. The normalized spacial score (nSPS) is 11.1. The number of hydrogen-bond donors (Lipinski definition) is 1. The zero-order chi connectivity index (χ0) is 15.5.